The van der Waals surface area contributed by atoms with Gasteiger partial charge in [0.2, 0.25) is 0 Å². The Labute approximate surface area is 383 Å². The Bertz CT molecular complexity index is 3480. The fourth-order valence-electron chi connectivity index (χ4n) is 8.67. The van der Waals surface area contributed by atoms with Crippen LogP contribution in [-0.2, 0) is 0 Å². The zero-order chi connectivity index (χ0) is 44.4. The first-order chi connectivity index (χ1) is 32.5. The van der Waals surface area contributed by atoms with Gasteiger partial charge in [-0.1, -0.05) is 194 Å². The second-order valence-corrected chi connectivity index (χ2v) is 16.2. The molecular weight excluding hydrogens is 807 g/mol. The van der Waals surface area contributed by atoms with E-state index in [-0.39, 0.29) is 0 Å². The zero-order valence-electron chi connectivity index (χ0n) is 36.3. The van der Waals surface area contributed by atoms with Crippen molar-refractivity contribution in [3.05, 3.63) is 224 Å². The van der Waals surface area contributed by atoms with E-state index in [4.69, 9.17) is 34.9 Å². The van der Waals surface area contributed by atoms with Crippen molar-refractivity contribution in [2.75, 3.05) is 0 Å². The first kappa shape index (κ1) is 40.0. The lowest BCUT2D eigenvalue weighted by Gasteiger charge is -2.20. The summed E-state index contributed by atoms with van der Waals surface area (Å²) in [6.45, 7) is 4.03. The van der Waals surface area contributed by atoms with Crippen molar-refractivity contribution in [3.8, 4) is 102 Å². The van der Waals surface area contributed by atoms with Crippen LogP contribution in [-0.4, -0.2) is 34.9 Å². The molecule has 0 unspecified atom stereocenters. The van der Waals surface area contributed by atoms with E-state index >= 15 is 0 Å². The molecule has 3 heterocycles. The molecule has 3 aromatic heterocycles. The van der Waals surface area contributed by atoms with Gasteiger partial charge in [0.05, 0.1) is 11.4 Å². The third-order valence-electron chi connectivity index (χ3n) is 11.7. The summed E-state index contributed by atoms with van der Waals surface area (Å²) in [5.74, 6) is 3.03. The lowest BCUT2D eigenvalue weighted by atomic mass is 9.85. The predicted molar refractivity (Wildman–Crippen MR) is 267 cm³/mol. The van der Waals surface area contributed by atoms with Crippen LogP contribution < -0.4 is 0 Å². The molecule has 0 fully saturated rings. The highest BCUT2D eigenvalue weighted by Crippen LogP contribution is 2.46. The molecule has 312 valence electrons. The van der Waals surface area contributed by atoms with Crippen LogP contribution in [0.25, 0.3) is 112 Å². The fraction of sp³-hybridized carbons (Fsp3) is 0.0339. The summed E-state index contributed by atoms with van der Waals surface area (Å²) in [7, 11) is 0. The van der Waals surface area contributed by atoms with Gasteiger partial charge in [0.25, 0.3) is 0 Å². The summed E-state index contributed by atoms with van der Waals surface area (Å²) in [4.78, 5) is 36.1. The van der Waals surface area contributed by atoms with Crippen molar-refractivity contribution < 1.29 is 0 Å². The molecule has 0 saturated heterocycles. The van der Waals surface area contributed by atoms with Crippen molar-refractivity contribution in [1.29, 1.82) is 0 Å². The Morgan fingerprint density at radius 1 is 0.242 bits per heavy atom. The molecule has 8 aromatic carbocycles. The average molecular weight is 848 g/mol. The molecule has 0 atom stereocenters. The van der Waals surface area contributed by atoms with Gasteiger partial charge in [-0.25, -0.2) is 34.9 Å². The summed E-state index contributed by atoms with van der Waals surface area (Å²) < 4.78 is 0. The zero-order valence-corrected chi connectivity index (χ0v) is 36.3. The van der Waals surface area contributed by atoms with Crippen molar-refractivity contribution >= 4 is 10.8 Å². The molecule has 7 heteroatoms. The number of nitrogens with zero attached hydrogens (tertiary/aromatic N) is 7. The van der Waals surface area contributed by atoms with E-state index in [2.05, 4.69) is 121 Å². The van der Waals surface area contributed by atoms with Gasteiger partial charge in [-0.15, -0.1) is 0 Å². The van der Waals surface area contributed by atoms with Crippen LogP contribution in [0, 0.1) is 13.8 Å². The molecule has 66 heavy (non-hydrogen) atoms. The van der Waals surface area contributed by atoms with Gasteiger partial charge in [0, 0.05) is 55.9 Å². The smallest absolute Gasteiger partial charge is 0.164 e. The highest BCUT2D eigenvalue weighted by molar-refractivity contribution is 6.01. The summed E-state index contributed by atoms with van der Waals surface area (Å²) in [5, 5.41) is 2.29. The topological polar surface area (TPSA) is 90.2 Å². The maximum absolute atomic E-state index is 5.40. The van der Waals surface area contributed by atoms with Crippen LogP contribution in [0.1, 0.15) is 11.4 Å². The standard InChI is InChI=1S/C59H41N7/c1-38-35-39(2)61-59(60-38)51-32-18-31-48(46-27-14-17-30-50(46)58-65-55(42-22-8-4-9-23-42)64-56(66-58)43-24-10-5-11-25-43)54(51)49-29-16-15-28-47(49)53-37-52(41-20-6-3-7-21-41)62-57(63-53)45-34-33-40-19-12-13-26-44(40)36-45/h3-37H,1-2H3. The van der Waals surface area contributed by atoms with Crippen molar-refractivity contribution in [1.82, 2.24) is 34.9 Å². The van der Waals surface area contributed by atoms with E-state index in [0.717, 1.165) is 94.7 Å². The van der Waals surface area contributed by atoms with E-state index in [1.807, 2.05) is 105 Å². The molecule has 0 amide bonds. The minimum absolute atomic E-state index is 0.564. The van der Waals surface area contributed by atoms with Gasteiger partial charge < -0.3 is 0 Å². The van der Waals surface area contributed by atoms with Crippen molar-refractivity contribution in [2.24, 2.45) is 0 Å². The summed E-state index contributed by atoms with van der Waals surface area (Å²) in [5.41, 5.74) is 13.7. The first-order valence-electron chi connectivity index (χ1n) is 22.0. The van der Waals surface area contributed by atoms with Crippen molar-refractivity contribution in [2.45, 2.75) is 13.8 Å². The normalized spacial score (nSPS) is 11.2. The van der Waals surface area contributed by atoms with Gasteiger partial charge in [0.15, 0.2) is 29.1 Å². The van der Waals surface area contributed by atoms with Gasteiger partial charge in [-0.3, -0.25) is 0 Å². The number of hydrogen-bond acceptors (Lipinski definition) is 7. The molecule has 0 radical (unpaired) electrons. The molecule has 11 aromatic rings. The third-order valence-corrected chi connectivity index (χ3v) is 11.7. The number of rotatable bonds is 9. The number of hydrogen-bond donors (Lipinski definition) is 0. The largest absolute Gasteiger partial charge is 0.233 e. The van der Waals surface area contributed by atoms with E-state index in [0.29, 0.717) is 29.1 Å². The van der Waals surface area contributed by atoms with Gasteiger partial charge >= 0.3 is 0 Å². The van der Waals surface area contributed by atoms with Crippen LogP contribution in [0.4, 0.5) is 0 Å². The van der Waals surface area contributed by atoms with Gasteiger partial charge in [-0.2, -0.15) is 0 Å². The Morgan fingerprint density at radius 3 is 1.38 bits per heavy atom. The van der Waals surface area contributed by atoms with Crippen LogP contribution in [0.15, 0.2) is 212 Å². The van der Waals surface area contributed by atoms with E-state index in [1.165, 1.54) is 0 Å². The first-order valence-corrected chi connectivity index (χ1v) is 22.0. The SMILES string of the molecule is Cc1cc(C)nc(-c2cccc(-c3ccccc3-c3nc(-c4ccccc4)nc(-c4ccccc4)n3)c2-c2ccccc2-c2cc(-c3ccccc3)nc(-c3ccc4ccccc4c3)n2)n1. The number of benzene rings is 8. The summed E-state index contributed by atoms with van der Waals surface area (Å²) >= 11 is 0. The second kappa shape index (κ2) is 17.4. The Kier molecular flexibility index (Phi) is 10.5. The Morgan fingerprint density at radius 2 is 0.712 bits per heavy atom. The highest BCUT2D eigenvalue weighted by Gasteiger charge is 2.24. The molecule has 0 aliphatic carbocycles. The van der Waals surface area contributed by atoms with E-state index in [1.54, 1.807) is 0 Å². The summed E-state index contributed by atoms with van der Waals surface area (Å²) in [6.07, 6.45) is 0. The quantitative estimate of drug-likeness (QED) is 0.143. The van der Waals surface area contributed by atoms with Crippen LogP contribution in [0.2, 0.25) is 0 Å². The maximum Gasteiger partial charge on any atom is 0.164 e. The molecule has 0 aliphatic heterocycles. The van der Waals surface area contributed by atoms with Gasteiger partial charge in [-0.05, 0) is 59.5 Å². The molecule has 0 aliphatic rings. The average Bonchev–Trinajstić information content (AvgIpc) is 3.38. The fourth-order valence-corrected chi connectivity index (χ4v) is 8.67. The Balaban J connectivity index is 1.16. The highest BCUT2D eigenvalue weighted by atomic mass is 15.0. The van der Waals surface area contributed by atoms with Crippen LogP contribution >= 0.6 is 0 Å². The minimum atomic E-state index is 0.564. The van der Waals surface area contributed by atoms with E-state index in [9.17, 15) is 0 Å². The van der Waals surface area contributed by atoms with Crippen molar-refractivity contribution in [3.63, 3.8) is 0 Å². The minimum Gasteiger partial charge on any atom is -0.233 e. The molecule has 0 bridgehead atoms. The second-order valence-electron chi connectivity index (χ2n) is 16.2. The maximum atomic E-state index is 5.40. The monoisotopic (exact) mass is 847 g/mol. The van der Waals surface area contributed by atoms with Gasteiger partial charge in [0.1, 0.15) is 0 Å². The molecular formula is C59H41N7. The molecule has 11 rings (SSSR count). The Hall–Kier alpha value is -8.81. The van der Waals surface area contributed by atoms with Crippen LogP contribution in [0.3, 0.4) is 0 Å². The molecule has 0 spiro atoms. The number of fused-ring (bicyclic) bond motifs is 1. The summed E-state index contributed by atoms with van der Waals surface area (Å²) in [6, 6.07) is 72.5. The molecule has 7 nitrogen and oxygen atoms in total. The lowest BCUT2D eigenvalue weighted by Crippen LogP contribution is -2.02. The lowest BCUT2D eigenvalue weighted by molar-refractivity contribution is 1.06. The van der Waals surface area contributed by atoms with Crippen LogP contribution in [0.5, 0.6) is 0 Å². The number of aryl methyl sites for hydroxylation is 2. The molecule has 0 N–H and O–H groups in total. The molecule has 0 saturated carbocycles. The van der Waals surface area contributed by atoms with E-state index < -0.39 is 0 Å². The number of aromatic nitrogens is 7. The third kappa shape index (κ3) is 7.90. The predicted octanol–water partition coefficient (Wildman–Crippen LogP) is 14.2.